The largest absolute Gasteiger partial charge is 0.326 e. The highest BCUT2D eigenvalue weighted by atomic mass is 35.5. The van der Waals surface area contributed by atoms with Crippen LogP contribution in [0, 0.1) is 18.3 Å². The minimum absolute atomic E-state index is 0. The number of rotatable bonds is 4. The van der Waals surface area contributed by atoms with E-state index < -0.39 is 10.0 Å². The first kappa shape index (κ1) is 19.0. The summed E-state index contributed by atoms with van der Waals surface area (Å²) in [4.78, 5) is 12.5. The second kappa shape index (κ2) is 6.90. The van der Waals surface area contributed by atoms with Gasteiger partial charge in [-0.25, -0.2) is 8.42 Å². The number of sulfonamides is 1. The smallest absolute Gasteiger partial charge is 0.229 e. The van der Waals surface area contributed by atoms with Gasteiger partial charge in [0, 0.05) is 11.6 Å². The fourth-order valence-electron chi connectivity index (χ4n) is 3.43. The molecule has 1 aromatic rings. The number of carbonyl (C=O) groups is 1. The molecule has 1 aromatic carbocycles. The first-order valence-corrected chi connectivity index (χ1v) is 9.78. The van der Waals surface area contributed by atoms with Gasteiger partial charge >= 0.3 is 0 Å². The zero-order valence-corrected chi connectivity index (χ0v) is 15.5. The summed E-state index contributed by atoms with van der Waals surface area (Å²) in [7, 11) is -3.34. The zero-order valence-electron chi connectivity index (χ0n) is 13.9. The normalized spacial score (nSPS) is 21.7. The molecule has 1 amide bonds. The first-order chi connectivity index (χ1) is 10.8. The third-order valence-electron chi connectivity index (χ3n) is 4.91. The second-order valence-corrected chi connectivity index (χ2v) is 8.51. The quantitative estimate of drug-likeness (QED) is 0.754. The monoisotopic (exact) mass is 373 g/mol. The molecule has 1 unspecified atom stereocenters. The van der Waals surface area contributed by atoms with Crippen LogP contribution < -0.4 is 15.4 Å². The fourth-order valence-corrected chi connectivity index (χ4v) is 4.05. The minimum Gasteiger partial charge on any atom is -0.326 e. The van der Waals surface area contributed by atoms with Crippen LogP contribution in [0.4, 0.5) is 11.4 Å². The van der Waals surface area contributed by atoms with E-state index in [1.54, 1.807) is 18.2 Å². The first-order valence-electron chi connectivity index (χ1n) is 7.89. The van der Waals surface area contributed by atoms with Gasteiger partial charge in [-0.1, -0.05) is 6.07 Å². The molecular formula is C16H24ClN3O3S. The van der Waals surface area contributed by atoms with E-state index in [0.717, 1.165) is 44.2 Å². The summed E-state index contributed by atoms with van der Waals surface area (Å²) < 4.78 is 25.3. The SMILES string of the molecule is Cc1ccc(NC(=O)C2CC23CCNCC3)cc1NS(C)(=O)=O.Cl. The van der Waals surface area contributed by atoms with Crippen molar-refractivity contribution in [3.05, 3.63) is 23.8 Å². The number of nitrogens with one attached hydrogen (secondary N) is 3. The lowest BCUT2D eigenvalue weighted by molar-refractivity contribution is -0.118. The Labute approximate surface area is 149 Å². The van der Waals surface area contributed by atoms with Crippen molar-refractivity contribution in [2.45, 2.75) is 26.2 Å². The molecule has 3 rings (SSSR count). The number of aryl methyl sites for hydroxylation is 1. The van der Waals surface area contributed by atoms with Crippen LogP contribution in [0.1, 0.15) is 24.8 Å². The molecule has 1 aliphatic heterocycles. The Hall–Kier alpha value is -1.31. The molecule has 1 saturated heterocycles. The van der Waals surface area contributed by atoms with E-state index in [9.17, 15) is 13.2 Å². The van der Waals surface area contributed by atoms with Gasteiger partial charge < -0.3 is 10.6 Å². The molecule has 6 nitrogen and oxygen atoms in total. The van der Waals surface area contributed by atoms with Gasteiger partial charge in [0.25, 0.3) is 0 Å². The highest BCUT2D eigenvalue weighted by molar-refractivity contribution is 7.92. The summed E-state index contributed by atoms with van der Waals surface area (Å²) in [5.41, 5.74) is 2.13. The van der Waals surface area contributed by atoms with Crippen molar-refractivity contribution in [2.24, 2.45) is 11.3 Å². The maximum Gasteiger partial charge on any atom is 0.229 e. The maximum absolute atomic E-state index is 12.5. The third kappa shape index (κ3) is 4.20. The standard InChI is InChI=1S/C16H23N3O3S.ClH/c1-11-3-4-12(9-14(11)19-23(2,21)22)18-15(20)13-10-16(13)5-7-17-8-6-16;/h3-4,9,13,17,19H,5-8,10H2,1-2H3,(H,18,20);1H. The minimum atomic E-state index is -3.34. The van der Waals surface area contributed by atoms with Crippen molar-refractivity contribution in [3.63, 3.8) is 0 Å². The maximum atomic E-state index is 12.5. The number of halogens is 1. The Bertz CT molecular complexity index is 730. The number of anilines is 2. The summed E-state index contributed by atoms with van der Waals surface area (Å²) in [6, 6.07) is 5.28. The lowest BCUT2D eigenvalue weighted by Crippen LogP contribution is -2.31. The van der Waals surface area contributed by atoms with E-state index in [1.807, 2.05) is 6.92 Å². The average Bonchev–Trinajstić information content (AvgIpc) is 3.15. The van der Waals surface area contributed by atoms with Crippen LogP contribution >= 0.6 is 12.4 Å². The van der Waals surface area contributed by atoms with E-state index in [1.165, 1.54) is 0 Å². The molecule has 134 valence electrons. The van der Waals surface area contributed by atoms with Crippen LogP contribution in [0.25, 0.3) is 0 Å². The molecule has 0 aromatic heterocycles. The molecule has 8 heteroatoms. The molecule has 2 aliphatic rings. The van der Waals surface area contributed by atoms with Crippen LogP contribution in [0.5, 0.6) is 0 Å². The van der Waals surface area contributed by atoms with Gasteiger partial charge in [0.1, 0.15) is 0 Å². The van der Waals surface area contributed by atoms with Crippen molar-refractivity contribution in [1.82, 2.24) is 5.32 Å². The molecule has 1 aliphatic carbocycles. The van der Waals surface area contributed by atoms with Crippen LogP contribution in [-0.2, 0) is 14.8 Å². The Kier molecular flexibility index (Phi) is 5.47. The molecule has 1 spiro atoms. The molecule has 2 fully saturated rings. The Morgan fingerprint density at radius 1 is 1.29 bits per heavy atom. The molecule has 24 heavy (non-hydrogen) atoms. The van der Waals surface area contributed by atoms with E-state index in [0.29, 0.717) is 11.4 Å². The van der Waals surface area contributed by atoms with Crippen LogP contribution in [-0.4, -0.2) is 33.7 Å². The van der Waals surface area contributed by atoms with Crippen molar-refractivity contribution in [1.29, 1.82) is 0 Å². The van der Waals surface area contributed by atoms with Gasteiger partial charge in [0.15, 0.2) is 0 Å². The number of hydrogen-bond donors (Lipinski definition) is 3. The van der Waals surface area contributed by atoms with Crippen molar-refractivity contribution < 1.29 is 13.2 Å². The fraction of sp³-hybridized carbons (Fsp3) is 0.562. The van der Waals surface area contributed by atoms with Crippen LogP contribution in [0.2, 0.25) is 0 Å². The Morgan fingerprint density at radius 3 is 2.58 bits per heavy atom. The van der Waals surface area contributed by atoms with Crippen LogP contribution in [0.3, 0.4) is 0 Å². The molecule has 0 radical (unpaired) electrons. The number of hydrogen-bond acceptors (Lipinski definition) is 4. The molecule has 1 atom stereocenters. The number of carbonyl (C=O) groups excluding carboxylic acids is 1. The predicted molar refractivity (Wildman–Crippen MR) is 98.2 cm³/mol. The second-order valence-electron chi connectivity index (χ2n) is 6.76. The van der Waals surface area contributed by atoms with E-state index in [2.05, 4.69) is 15.4 Å². The van der Waals surface area contributed by atoms with E-state index in [4.69, 9.17) is 0 Å². The third-order valence-corrected chi connectivity index (χ3v) is 5.50. The highest BCUT2D eigenvalue weighted by Crippen LogP contribution is 2.58. The van der Waals surface area contributed by atoms with Crippen molar-refractivity contribution in [3.8, 4) is 0 Å². The van der Waals surface area contributed by atoms with Gasteiger partial charge in [0.2, 0.25) is 15.9 Å². The van der Waals surface area contributed by atoms with Gasteiger partial charge in [0.05, 0.1) is 11.9 Å². The number of amides is 1. The van der Waals surface area contributed by atoms with Crippen molar-refractivity contribution in [2.75, 3.05) is 29.4 Å². The highest BCUT2D eigenvalue weighted by Gasteiger charge is 2.57. The van der Waals surface area contributed by atoms with Gasteiger partial charge in [-0.15, -0.1) is 12.4 Å². The van der Waals surface area contributed by atoms with Gasteiger partial charge in [-0.3, -0.25) is 9.52 Å². The van der Waals surface area contributed by atoms with Crippen LogP contribution in [0.15, 0.2) is 18.2 Å². The number of piperidine rings is 1. The molecule has 3 N–H and O–H groups in total. The zero-order chi connectivity index (χ0) is 16.7. The molecule has 1 saturated carbocycles. The summed E-state index contributed by atoms with van der Waals surface area (Å²) in [5.74, 6) is 0.123. The summed E-state index contributed by atoms with van der Waals surface area (Å²) >= 11 is 0. The predicted octanol–water partition coefficient (Wildman–Crippen LogP) is 2.12. The van der Waals surface area contributed by atoms with E-state index >= 15 is 0 Å². The van der Waals surface area contributed by atoms with E-state index in [-0.39, 0.29) is 29.6 Å². The Balaban J connectivity index is 0.00000208. The summed E-state index contributed by atoms with van der Waals surface area (Å²) in [6.07, 6.45) is 4.18. The van der Waals surface area contributed by atoms with Gasteiger partial charge in [-0.2, -0.15) is 0 Å². The molecule has 1 heterocycles. The molecule has 0 bridgehead atoms. The average molecular weight is 374 g/mol. The molecular weight excluding hydrogens is 350 g/mol. The topological polar surface area (TPSA) is 87.3 Å². The lowest BCUT2D eigenvalue weighted by Gasteiger charge is -2.23. The summed E-state index contributed by atoms with van der Waals surface area (Å²) in [5, 5.41) is 6.26. The summed E-state index contributed by atoms with van der Waals surface area (Å²) in [6.45, 7) is 3.79. The Morgan fingerprint density at radius 2 is 1.96 bits per heavy atom. The lowest BCUT2D eigenvalue weighted by atomic mass is 9.92. The van der Waals surface area contributed by atoms with Gasteiger partial charge in [-0.05, 0) is 62.4 Å². The van der Waals surface area contributed by atoms with Crippen molar-refractivity contribution >= 4 is 39.7 Å². The number of benzene rings is 1.